The predicted molar refractivity (Wildman–Crippen MR) is 175 cm³/mol. The summed E-state index contributed by atoms with van der Waals surface area (Å²) in [6.07, 6.45) is 4.12. The smallest absolute Gasteiger partial charge is 0.264 e. The standard InChI is InChI=1S/C33H39Cl2N3O5S/c1-4-29(33(40)36-24-11-6-7-12-24)37(21-26-27(34)13-10-14-28(26)35)32(39)22-38(30-15-8-9-16-31(30)43-5-2)44(41,42)25-19-17-23(3)18-20-25/h8-10,13-20,24,29H,4-7,11-12,21-22H2,1-3H3,(H,36,40)/t29-/m1/s1. The average Bonchev–Trinajstić information content (AvgIpc) is 3.51. The quantitative estimate of drug-likeness (QED) is 0.219. The number of carbonyl (C=O) groups excluding carboxylic acids is 2. The minimum Gasteiger partial charge on any atom is -0.492 e. The number of anilines is 1. The highest BCUT2D eigenvalue weighted by molar-refractivity contribution is 7.92. The minimum absolute atomic E-state index is 0.0221. The summed E-state index contributed by atoms with van der Waals surface area (Å²) in [7, 11) is -4.25. The van der Waals surface area contributed by atoms with Crippen LogP contribution in [-0.4, -0.2) is 50.4 Å². The van der Waals surface area contributed by atoms with Crippen LogP contribution in [0.3, 0.4) is 0 Å². The van der Waals surface area contributed by atoms with E-state index in [1.54, 1.807) is 61.5 Å². The molecule has 11 heteroatoms. The van der Waals surface area contributed by atoms with Gasteiger partial charge >= 0.3 is 0 Å². The molecule has 0 aliphatic heterocycles. The van der Waals surface area contributed by atoms with Crippen LogP contribution in [0.25, 0.3) is 0 Å². The number of nitrogens with one attached hydrogen (secondary N) is 1. The molecule has 0 unspecified atom stereocenters. The number of aryl methyl sites for hydroxylation is 1. The Morgan fingerprint density at radius 1 is 0.955 bits per heavy atom. The first kappa shape index (κ1) is 33.6. The molecule has 0 saturated heterocycles. The third-order valence-corrected chi connectivity index (χ3v) is 10.3. The van der Waals surface area contributed by atoms with Gasteiger partial charge in [0.25, 0.3) is 10.0 Å². The van der Waals surface area contributed by atoms with Crippen molar-refractivity contribution in [1.29, 1.82) is 0 Å². The Bertz CT molecular complexity index is 1540. The van der Waals surface area contributed by atoms with E-state index in [9.17, 15) is 18.0 Å². The van der Waals surface area contributed by atoms with Crippen LogP contribution in [0.15, 0.2) is 71.6 Å². The molecule has 0 bridgehead atoms. The summed E-state index contributed by atoms with van der Waals surface area (Å²) in [6.45, 7) is 5.10. The number of benzene rings is 3. The van der Waals surface area contributed by atoms with Crippen molar-refractivity contribution in [3.05, 3.63) is 87.9 Å². The van der Waals surface area contributed by atoms with Gasteiger partial charge in [-0.2, -0.15) is 0 Å². The van der Waals surface area contributed by atoms with Gasteiger partial charge in [-0.3, -0.25) is 13.9 Å². The second-order valence-electron chi connectivity index (χ2n) is 10.9. The average molecular weight is 661 g/mol. The van der Waals surface area contributed by atoms with E-state index >= 15 is 0 Å². The van der Waals surface area contributed by atoms with E-state index in [4.69, 9.17) is 27.9 Å². The summed E-state index contributed by atoms with van der Waals surface area (Å²) in [5.74, 6) is -0.569. The van der Waals surface area contributed by atoms with Gasteiger partial charge in [-0.15, -0.1) is 0 Å². The summed E-state index contributed by atoms with van der Waals surface area (Å²) < 4.78 is 35.3. The first-order valence-electron chi connectivity index (χ1n) is 14.9. The lowest BCUT2D eigenvalue weighted by Crippen LogP contribution is -2.53. The van der Waals surface area contributed by atoms with Gasteiger partial charge in [-0.25, -0.2) is 8.42 Å². The van der Waals surface area contributed by atoms with Crippen LogP contribution in [0.5, 0.6) is 5.75 Å². The second-order valence-corrected chi connectivity index (χ2v) is 13.5. The predicted octanol–water partition coefficient (Wildman–Crippen LogP) is 6.76. The van der Waals surface area contributed by atoms with Crippen molar-refractivity contribution >= 4 is 50.7 Å². The zero-order chi connectivity index (χ0) is 31.9. The van der Waals surface area contributed by atoms with Gasteiger partial charge in [-0.05, 0) is 69.5 Å². The van der Waals surface area contributed by atoms with Crippen LogP contribution in [-0.2, 0) is 26.2 Å². The Labute approximate surface area is 270 Å². The van der Waals surface area contributed by atoms with Crippen molar-refractivity contribution in [2.24, 2.45) is 0 Å². The molecule has 0 heterocycles. The van der Waals surface area contributed by atoms with E-state index < -0.39 is 28.5 Å². The molecule has 1 aliphatic rings. The third kappa shape index (κ3) is 7.86. The van der Waals surface area contributed by atoms with E-state index in [1.807, 2.05) is 13.8 Å². The number of halogens is 2. The van der Waals surface area contributed by atoms with Crippen molar-refractivity contribution in [2.45, 2.75) is 76.4 Å². The molecule has 0 radical (unpaired) electrons. The van der Waals surface area contributed by atoms with E-state index in [-0.39, 0.29) is 29.1 Å². The highest BCUT2D eigenvalue weighted by atomic mass is 35.5. The molecule has 2 amide bonds. The van der Waals surface area contributed by atoms with Crippen LogP contribution in [0, 0.1) is 6.92 Å². The van der Waals surface area contributed by atoms with E-state index in [1.165, 1.54) is 17.0 Å². The van der Waals surface area contributed by atoms with Crippen molar-refractivity contribution < 1.29 is 22.7 Å². The zero-order valence-corrected chi connectivity index (χ0v) is 27.6. The largest absolute Gasteiger partial charge is 0.492 e. The molecular weight excluding hydrogens is 621 g/mol. The topological polar surface area (TPSA) is 96.0 Å². The van der Waals surface area contributed by atoms with E-state index in [0.29, 0.717) is 34.4 Å². The van der Waals surface area contributed by atoms with Gasteiger partial charge in [0.2, 0.25) is 11.8 Å². The van der Waals surface area contributed by atoms with Gasteiger partial charge in [0.05, 0.1) is 17.2 Å². The Balaban J connectivity index is 1.78. The number of hydrogen-bond acceptors (Lipinski definition) is 5. The molecule has 44 heavy (non-hydrogen) atoms. The molecule has 4 rings (SSSR count). The fourth-order valence-electron chi connectivity index (χ4n) is 5.43. The SMILES string of the molecule is CCOc1ccccc1N(CC(=O)N(Cc1c(Cl)cccc1Cl)[C@H](CC)C(=O)NC1CCCC1)S(=O)(=O)c1ccc(C)cc1. The third-order valence-electron chi connectivity index (χ3n) is 7.80. The number of sulfonamides is 1. The van der Waals surface area contributed by atoms with Crippen molar-refractivity contribution in [1.82, 2.24) is 10.2 Å². The number of amides is 2. The number of ether oxygens (including phenoxy) is 1. The molecule has 1 atom stereocenters. The normalized spacial score (nSPS) is 14.2. The lowest BCUT2D eigenvalue weighted by molar-refractivity contribution is -0.140. The maximum Gasteiger partial charge on any atom is 0.264 e. The molecule has 1 fully saturated rings. The van der Waals surface area contributed by atoms with E-state index in [0.717, 1.165) is 35.6 Å². The lowest BCUT2D eigenvalue weighted by atomic mass is 10.1. The molecule has 8 nitrogen and oxygen atoms in total. The Morgan fingerprint density at radius 3 is 2.20 bits per heavy atom. The fourth-order valence-corrected chi connectivity index (χ4v) is 7.37. The molecule has 1 saturated carbocycles. The minimum atomic E-state index is -4.25. The number of para-hydroxylation sites is 2. The van der Waals surface area contributed by atoms with Gasteiger partial charge in [0.15, 0.2) is 0 Å². The number of rotatable bonds is 13. The van der Waals surface area contributed by atoms with Crippen molar-refractivity contribution in [3.63, 3.8) is 0 Å². The molecule has 0 aromatic heterocycles. The number of nitrogens with zero attached hydrogens (tertiary/aromatic N) is 2. The van der Waals surface area contributed by atoms with Gasteiger partial charge < -0.3 is 15.0 Å². The summed E-state index contributed by atoms with van der Waals surface area (Å²) in [6, 6.07) is 17.3. The second kappa shape index (κ2) is 15.1. The Kier molecular flexibility index (Phi) is 11.6. The maximum absolute atomic E-state index is 14.4. The monoisotopic (exact) mass is 659 g/mol. The van der Waals surface area contributed by atoms with Gasteiger partial charge in [-0.1, -0.05) is 78.9 Å². The zero-order valence-electron chi connectivity index (χ0n) is 25.3. The number of carbonyl (C=O) groups is 2. The first-order valence-corrected chi connectivity index (χ1v) is 17.1. The van der Waals surface area contributed by atoms with Gasteiger partial charge in [0.1, 0.15) is 18.3 Å². The molecule has 236 valence electrons. The van der Waals surface area contributed by atoms with E-state index in [2.05, 4.69) is 5.32 Å². The van der Waals surface area contributed by atoms with Crippen molar-refractivity contribution in [3.8, 4) is 5.75 Å². The Morgan fingerprint density at radius 2 is 1.59 bits per heavy atom. The molecule has 3 aromatic carbocycles. The van der Waals surface area contributed by atoms with Crippen molar-refractivity contribution in [2.75, 3.05) is 17.5 Å². The molecule has 0 spiro atoms. The van der Waals surface area contributed by atoms with Gasteiger partial charge in [0, 0.05) is 28.2 Å². The summed E-state index contributed by atoms with van der Waals surface area (Å²) >= 11 is 13.0. The first-order chi connectivity index (χ1) is 21.1. The Hall–Kier alpha value is -3.27. The van der Waals surface area contributed by atoms with Crippen LogP contribution >= 0.6 is 23.2 Å². The number of hydrogen-bond donors (Lipinski definition) is 1. The van der Waals surface area contributed by atoms with Crippen LogP contribution < -0.4 is 14.4 Å². The maximum atomic E-state index is 14.4. The summed E-state index contributed by atoms with van der Waals surface area (Å²) in [4.78, 5) is 29.5. The van der Waals surface area contributed by atoms with Crippen LogP contribution in [0.4, 0.5) is 5.69 Å². The molecule has 1 aliphatic carbocycles. The lowest BCUT2D eigenvalue weighted by Gasteiger charge is -2.34. The molecule has 3 aromatic rings. The fraction of sp³-hybridized carbons (Fsp3) is 0.394. The summed E-state index contributed by atoms with van der Waals surface area (Å²) in [5, 5.41) is 3.78. The summed E-state index contributed by atoms with van der Waals surface area (Å²) in [5.41, 5.74) is 1.57. The highest BCUT2D eigenvalue weighted by Gasteiger charge is 2.36. The van der Waals surface area contributed by atoms with Crippen LogP contribution in [0.2, 0.25) is 10.0 Å². The molecule has 1 N–H and O–H groups in total. The molecular formula is C33H39Cl2N3O5S. The van der Waals surface area contributed by atoms with Crippen LogP contribution in [0.1, 0.15) is 57.1 Å². The highest BCUT2D eigenvalue weighted by Crippen LogP contribution is 2.34.